The Hall–Kier alpha value is -0.0800. The Morgan fingerprint density at radius 2 is 1.60 bits per heavy atom. The molecule has 1 saturated heterocycles. The van der Waals surface area contributed by atoms with Crippen LogP contribution in [0.25, 0.3) is 0 Å². The van der Waals surface area contributed by atoms with Gasteiger partial charge in [0.05, 0.1) is 0 Å². The molecule has 0 aromatic heterocycles. The Labute approximate surface area is 123 Å². The van der Waals surface area contributed by atoms with E-state index in [0.717, 1.165) is 47.7 Å². The van der Waals surface area contributed by atoms with Gasteiger partial charge >= 0.3 is 0 Å². The van der Waals surface area contributed by atoms with Crippen molar-refractivity contribution < 1.29 is 0 Å². The predicted octanol–water partition coefficient (Wildman–Crippen LogP) is 2.93. The summed E-state index contributed by atoms with van der Waals surface area (Å²) in [5, 5.41) is 7.97. The van der Waals surface area contributed by atoms with E-state index in [1.165, 1.54) is 45.1 Å². The normalized spacial score (nSPS) is 57.0. The minimum atomic E-state index is 0.836. The maximum Gasteiger partial charge on any atom is 0.0138 e. The molecule has 112 valence electrons. The highest BCUT2D eigenvalue weighted by Gasteiger charge is 2.65. The molecular formula is C18H30N2. The van der Waals surface area contributed by atoms with E-state index in [1.807, 2.05) is 0 Å². The average molecular weight is 274 g/mol. The molecule has 0 radical (unpaired) electrons. The van der Waals surface area contributed by atoms with Crippen molar-refractivity contribution in [1.29, 1.82) is 0 Å². The lowest BCUT2D eigenvalue weighted by atomic mass is 9.79. The summed E-state index contributed by atoms with van der Waals surface area (Å²) >= 11 is 0. The zero-order valence-electron chi connectivity index (χ0n) is 12.7. The molecule has 0 spiro atoms. The van der Waals surface area contributed by atoms with Crippen LogP contribution in [0.1, 0.15) is 57.8 Å². The van der Waals surface area contributed by atoms with Crippen molar-refractivity contribution in [1.82, 2.24) is 10.6 Å². The fourth-order valence-electron chi connectivity index (χ4n) is 6.72. The molecule has 20 heavy (non-hydrogen) atoms. The van der Waals surface area contributed by atoms with Crippen LogP contribution in [0.2, 0.25) is 0 Å². The molecule has 7 unspecified atom stereocenters. The molecule has 0 amide bonds. The van der Waals surface area contributed by atoms with Crippen LogP contribution in [-0.4, -0.2) is 24.7 Å². The number of fused-ring (bicyclic) bond motifs is 5. The summed E-state index contributed by atoms with van der Waals surface area (Å²) in [5.74, 6) is 5.38. The minimum absolute atomic E-state index is 0.836. The molecule has 1 aliphatic heterocycles. The first-order valence-electron chi connectivity index (χ1n) is 9.41. The second-order valence-electron chi connectivity index (χ2n) is 8.44. The van der Waals surface area contributed by atoms with Crippen LogP contribution in [0, 0.1) is 29.6 Å². The van der Waals surface area contributed by atoms with Gasteiger partial charge in [-0.25, -0.2) is 0 Å². The van der Waals surface area contributed by atoms with Crippen LogP contribution in [0.15, 0.2) is 0 Å². The summed E-state index contributed by atoms with van der Waals surface area (Å²) in [6.07, 6.45) is 13.4. The molecule has 5 fully saturated rings. The van der Waals surface area contributed by atoms with E-state index >= 15 is 0 Å². The number of hydrogen-bond acceptors (Lipinski definition) is 2. The van der Waals surface area contributed by atoms with Gasteiger partial charge in [0.15, 0.2) is 0 Å². The Morgan fingerprint density at radius 3 is 2.35 bits per heavy atom. The molecule has 1 heterocycles. The molecule has 7 atom stereocenters. The van der Waals surface area contributed by atoms with E-state index in [4.69, 9.17) is 0 Å². The van der Waals surface area contributed by atoms with Gasteiger partial charge in [0, 0.05) is 18.1 Å². The number of nitrogens with one attached hydrogen (secondary N) is 2. The molecule has 5 rings (SSSR count). The summed E-state index contributed by atoms with van der Waals surface area (Å²) < 4.78 is 0. The quantitative estimate of drug-likeness (QED) is 0.827. The van der Waals surface area contributed by atoms with Crippen LogP contribution in [-0.2, 0) is 0 Å². The number of hydrogen-bond donors (Lipinski definition) is 2. The lowest BCUT2D eigenvalue weighted by Crippen LogP contribution is -2.48. The van der Waals surface area contributed by atoms with Crippen LogP contribution < -0.4 is 10.6 Å². The third-order valence-electron chi connectivity index (χ3n) is 7.58. The van der Waals surface area contributed by atoms with Crippen molar-refractivity contribution >= 4 is 0 Å². The van der Waals surface area contributed by atoms with Crippen molar-refractivity contribution in [3.63, 3.8) is 0 Å². The Bertz CT molecular complexity index is 360. The van der Waals surface area contributed by atoms with Crippen molar-refractivity contribution in [2.75, 3.05) is 6.54 Å². The average Bonchev–Trinajstić information content (AvgIpc) is 2.96. The zero-order chi connectivity index (χ0) is 13.1. The Balaban J connectivity index is 1.26. The molecule has 0 aromatic rings. The fourth-order valence-corrected chi connectivity index (χ4v) is 6.72. The van der Waals surface area contributed by atoms with Gasteiger partial charge in [-0.15, -0.1) is 0 Å². The highest BCUT2D eigenvalue weighted by Crippen LogP contribution is 2.65. The lowest BCUT2D eigenvalue weighted by Gasteiger charge is -2.37. The molecular weight excluding hydrogens is 244 g/mol. The largest absolute Gasteiger partial charge is 0.314 e. The standard InChI is InChI=1S/C18H30N2/c1-2-5-15(13(4-1)14-6-3-9-19-14)20-18-16-11-7-8-12(10-11)17(16)18/h11-20H,1-10H2. The second-order valence-corrected chi connectivity index (χ2v) is 8.44. The summed E-state index contributed by atoms with van der Waals surface area (Å²) in [6.45, 7) is 1.27. The Kier molecular flexibility index (Phi) is 2.93. The molecule has 5 aliphatic rings. The van der Waals surface area contributed by atoms with Crippen LogP contribution in [0.3, 0.4) is 0 Å². The first-order valence-corrected chi connectivity index (χ1v) is 9.41. The smallest absolute Gasteiger partial charge is 0.0138 e. The van der Waals surface area contributed by atoms with Crippen molar-refractivity contribution in [2.24, 2.45) is 29.6 Å². The van der Waals surface area contributed by atoms with Gasteiger partial charge in [-0.05, 0) is 81.1 Å². The second kappa shape index (κ2) is 4.71. The van der Waals surface area contributed by atoms with E-state index in [9.17, 15) is 0 Å². The van der Waals surface area contributed by atoms with Crippen molar-refractivity contribution in [3.8, 4) is 0 Å². The van der Waals surface area contributed by atoms with E-state index in [0.29, 0.717) is 0 Å². The molecule has 2 bridgehead atoms. The molecule has 0 aromatic carbocycles. The van der Waals surface area contributed by atoms with Crippen molar-refractivity contribution in [2.45, 2.75) is 75.9 Å². The van der Waals surface area contributed by atoms with E-state index in [-0.39, 0.29) is 0 Å². The minimum Gasteiger partial charge on any atom is -0.314 e. The molecule has 2 N–H and O–H groups in total. The molecule has 4 aliphatic carbocycles. The first kappa shape index (κ1) is 12.5. The lowest BCUT2D eigenvalue weighted by molar-refractivity contribution is 0.205. The van der Waals surface area contributed by atoms with Gasteiger partial charge in [-0.2, -0.15) is 0 Å². The zero-order valence-corrected chi connectivity index (χ0v) is 12.7. The summed E-state index contributed by atoms with van der Waals surface area (Å²) in [7, 11) is 0. The molecule has 2 heteroatoms. The van der Waals surface area contributed by atoms with Crippen LogP contribution >= 0.6 is 0 Å². The molecule has 4 saturated carbocycles. The van der Waals surface area contributed by atoms with Gasteiger partial charge < -0.3 is 10.6 Å². The van der Waals surface area contributed by atoms with E-state index in [2.05, 4.69) is 10.6 Å². The monoisotopic (exact) mass is 274 g/mol. The maximum absolute atomic E-state index is 4.18. The highest BCUT2D eigenvalue weighted by atomic mass is 15.1. The van der Waals surface area contributed by atoms with Crippen molar-refractivity contribution in [3.05, 3.63) is 0 Å². The highest BCUT2D eigenvalue weighted by molar-refractivity contribution is 5.17. The fraction of sp³-hybridized carbons (Fsp3) is 1.00. The van der Waals surface area contributed by atoms with Gasteiger partial charge in [0.1, 0.15) is 0 Å². The molecule has 2 nitrogen and oxygen atoms in total. The van der Waals surface area contributed by atoms with Gasteiger partial charge in [-0.1, -0.05) is 12.8 Å². The SMILES string of the molecule is C1CNC(C2CCCCC2NC2C3C4CCC(C4)C23)C1. The predicted molar refractivity (Wildman–Crippen MR) is 81.5 cm³/mol. The van der Waals surface area contributed by atoms with Crippen LogP contribution in [0.4, 0.5) is 0 Å². The van der Waals surface area contributed by atoms with E-state index in [1.54, 1.807) is 19.3 Å². The maximum atomic E-state index is 4.18. The topological polar surface area (TPSA) is 24.1 Å². The Morgan fingerprint density at radius 1 is 0.800 bits per heavy atom. The summed E-state index contributed by atoms with van der Waals surface area (Å²) in [6, 6.07) is 2.62. The third kappa shape index (κ3) is 1.83. The van der Waals surface area contributed by atoms with Gasteiger partial charge in [0.25, 0.3) is 0 Å². The van der Waals surface area contributed by atoms with Gasteiger partial charge in [0.2, 0.25) is 0 Å². The first-order chi connectivity index (χ1) is 9.92. The third-order valence-corrected chi connectivity index (χ3v) is 7.58. The van der Waals surface area contributed by atoms with Gasteiger partial charge in [-0.3, -0.25) is 0 Å². The van der Waals surface area contributed by atoms with Crippen LogP contribution in [0.5, 0.6) is 0 Å². The summed E-state index contributed by atoms with van der Waals surface area (Å²) in [5.41, 5.74) is 0. The summed E-state index contributed by atoms with van der Waals surface area (Å²) in [4.78, 5) is 0. The van der Waals surface area contributed by atoms with E-state index < -0.39 is 0 Å². The number of rotatable bonds is 3.